The monoisotopic (exact) mass is 335 g/mol. The lowest BCUT2D eigenvalue weighted by Gasteiger charge is -2.34. The molecule has 6 nitrogen and oxygen atoms in total. The normalized spacial score (nSPS) is 22.2. The smallest absolute Gasteiger partial charge is 0.260 e. The van der Waals surface area contributed by atoms with Crippen molar-refractivity contribution in [1.29, 1.82) is 0 Å². The molecule has 2 aromatic heterocycles. The van der Waals surface area contributed by atoms with Gasteiger partial charge in [0.15, 0.2) is 5.13 Å². The molecule has 0 spiro atoms. The van der Waals surface area contributed by atoms with Crippen molar-refractivity contribution in [3.05, 3.63) is 34.7 Å². The number of hydrogen-bond donors (Lipinski definition) is 1. The molecule has 1 N–H and O–H groups in total. The number of furan rings is 1. The molecule has 3 rings (SSSR count). The highest BCUT2D eigenvalue weighted by molar-refractivity contribution is 7.13. The van der Waals surface area contributed by atoms with Crippen LogP contribution in [0.15, 0.2) is 22.1 Å². The molecule has 1 aliphatic rings. The minimum Gasteiger partial charge on any atom is -0.469 e. The van der Waals surface area contributed by atoms with Crippen LogP contribution in [0, 0.1) is 6.92 Å². The summed E-state index contributed by atoms with van der Waals surface area (Å²) in [5, 5.41) is 5.43. The molecular formula is C16H21N3O3S. The van der Waals surface area contributed by atoms with Gasteiger partial charge in [0.05, 0.1) is 29.7 Å². The summed E-state index contributed by atoms with van der Waals surface area (Å²) in [5.74, 6) is 0.418. The number of anilines is 1. The molecule has 2 aromatic rings. The first-order chi connectivity index (χ1) is 11.0. The van der Waals surface area contributed by atoms with E-state index in [1.807, 2.05) is 5.38 Å². The Bertz CT molecular complexity index is 672. The van der Waals surface area contributed by atoms with Crippen LogP contribution in [-0.4, -0.2) is 41.1 Å². The summed E-state index contributed by atoms with van der Waals surface area (Å²) in [6, 6.07) is 1.66. The molecule has 0 radical (unpaired) electrons. The maximum absolute atomic E-state index is 12.1. The van der Waals surface area contributed by atoms with Crippen LogP contribution in [0.25, 0.3) is 0 Å². The van der Waals surface area contributed by atoms with E-state index in [0.717, 1.165) is 25.3 Å². The summed E-state index contributed by atoms with van der Waals surface area (Å²) in [6.07, 6.45) is 1.99. The Morgan fingerprint density at radius 1 is 1.43 bits per heavy atom. The average molecular weight is 335 g/mol. The molecule has 3 heterocycles. The fraction of sp³-hybridized carbons (Fsp3) is 0.500. The molecule has 0 aliphatic carbocycles. The highest BCUT2D eigenvalue weighted by Gasteiger charge is 2.23. The zero-order valence-electron chi connectivity index (χ0n) is 13.5. The molecule has 0 aromatic carbocycles. The van der Waals surface area contributed by atoms with Gasteiger partial charge in [-0.2, -0.15) is 0 Å². The van der Waals surface area contributed by atoms with E-state index in [2.05, 4.69) is 29.0 Å². The third-order valence-electron chi connectivity index (χ3n) is 3.76. The lowest BCUT2D eigenvalue weighted by atomic mass is 10.2. The molecule has 7 heteroatoms. The van der Waals surface area contributed by atoms with Gasteiger partial charge in [-0.25, -0.2) is 4.98 Å². The summed E-state index contributed by atoms with van der Waals surface area (Å²) in [6.45, 7) is 8.51. The van der Waals surface area contributed by atoms with E-state index in [-0.39, 0.29) is 18.1 Å². The second-order valence-corrected chi connectivity index (χ2v) is 6.80. The molecule has 1 amide bonds. The van der Waals surface area contributed by atoms with E-state index in [9.17, 15) is 4.79 Å². The predicted octanol–water partition coefficient (Wildman–Crippen LogP) is 2.91. The molecule has 0 unspecified atom stereocenters. The Labute approximate surface area is 139 Å². The van der Waals surface area contributed by atoms with Gasteiger partial charge in [-0.1, -0.05) is 0 Å². The van der Waals surface area contributed by atoms with Gasteiger partial charge < -0.3 is 9.15 Å². The molecule has 1 aliphatic heterocycles. The second-order valence-electron chi connectivity index (χ2n) is 5.94. The molecule has 0 bridgehead atoms. The number of aromatic nitrogens is 1. The number of aryl methyl sites for hydroxylation is 1. The van der Waals surface area contributed by atoms with Gasteiger partial charge >= 0.3 is 0 Å². The topological polar surface area (TPSA) is 67.6 Å². The Hall–Kier alpha value is -1.70. The largest absolute Gasteiger partial charge is 0.469 e. The number of rotatable bonds is 4. The number of carbonyl (C=O) groups is 1. The number of nitrogens with zero attached hydrogens (tertiary/aromatic N) is 2. The summed E-state index contributed by atoms with van der Waals surface area (Å²) < 4.78 is 10.9. The lowest BCUT2D eigenvalue weighted by Crippen LogP contribution is -2.44. The number of hydrogen-bond acceptors (Lipinski definition) is 6. The van der Waals surface area contributed by atoms with Crippen LogP contribution in [0.3, 0.4) is 0 Å². The van der Waals surface area contributed by atoms with Crippen molar-refractivity contribution in [2.24, 2.45) is 0 Å². The van der Waals surface area contributed by atoms with Crippen LogP contribution in [0.2, 0.25) is 0 Å². The van der Waals surface area contributed by atoms with Crippen LogP contribution in [-0.2, 0) is 11.3 Å². The van der Waals surface area contributed by atoms with Gasteiger partial charge in [-0.15, -0.1) is 11.3 Å². The number of carbonyl (C=O) groups excluding carboxylic acids is 1. The SMILES string of the molecule is Cc1occc1C(=O)Nc1nc(CN2C[C@@H](C)O[C@H](C)C2)cs1. The van der Waals surface area contributed by atoms with Gasteiger partial charge in [0.1, 0.15) is 5.76 Å². The van der Waals surface area contributed by atoms with E-state index < -0.39 is 0 Å². The summed E-state index contributed by atoms with van der Waals surface area (Å²) in [4.78, 5) is 19.0. The Morgan fingerprint density at radius 2 is 2.17 bits per heavy atom. The average Bonchev–Trinajstić information content (AvgIpc) is 3.07. The lowest BCUT2D eigenvalue weighted by molar-refractivity contribution is -0.0707. The number of thiazole rings is 1. The second kappa shape index (κ2) is 6.82. The number of ether oxygens (including phenoxy) is 1. The molecule has 2 atom stereocenters. The van der Waals surface area contributed by atoms with Gasteiger partial charge in [-0.3, -0.25) is 15.0 Å². The van der Waals surface area contributed by atoms with E-state index in [4.69, 9.17) is 9.15 Å². The minimum absolute atomic E-state index is 0.189. The fourth-order valence-electron chi connectivity index (χ4n) is 2.86. The highest BCUT2D eigenvalue weighted by Crippen LogP contribution is 2.20. The zero-order chi connectivity index (χ0) is 16.4. The molecule has 1 saturated heterocycles. The first kappa shape index (κ1) is 16.2. The van der Waals surface area contributed by atoms with Crippen LogP contribution >= 0.6 is 11.3 Å². The van der Waals surface area contributed by atoms with Crippen LogP contribution in [0.4, 0.5) is 5.13 Å². The first-order valence-corrected chi connectivity index (χ1v) is 8.57. The van der Waals surface area contributed by atoms with Gasteiger partial charge in [0, 0.05) is 25.0 Å². The van der Waals surface area contributed by atoms with Crippen molar-refractivity contribution in [2.75, 3.05) is 18.4 Å². The van der Waals surface area contributed by atoms with E-state index in [1.54, 1.807) is 13.0 Å². The van der Waals surface area contributed by atoms with E-state index >= 15 is 0 Å². The van der Waals surface area contributed by atoms with Gasteiger partial charge in [0.2, 0.25) is 0 Å². The van der Waals surface area contributed by atoms with Gasteiger partial charge in [0.25, 0.3) is 5.91 Å². The Morgan fingerprint density at radius 3 is 2.83 bits per heavy atom. The van der Waals surface area contributed by atoms with E-state index in [0.29, 0.717) is 16.5 Å². The van der Waals surface area contributed by atoms with Gasteiger partial charge in [-0.05, 0) is 26.8 Å². The standard InChI is InChI=1S/C16H21N3O3S/c1-10-6-19(7-11(2)22-10)8-13-9-23-16(17-13)18-15(20)14-4-5-21-12(14)3/h4-5,9-11H,6-8H2,1-3H3,(H,17,18,20)/t10-,11-/m1/s1. The number of nitrogens with one attached hydrogen (secondary N) is 1. The summed E-state index contributed by atoms with van der Waals surface area (Å²) in [7, 11) is 0. The van der Waals surface area contributed by atoms with E-state index in [1.165, 1.54) is 17.6 Å². The summed E-state index contributed by atoms with van der Waals surface area (Å²) in [5.41, 5.74) is 1.51. The quantitative estimate of drug-likeness (QED) is 0.930. The predicted molar refractivity (Wildman–Crippen MR) is 88.8 cm³/mol. The number of amides is 1. The van der Waals surface area contributed by atoms with Crippen LogP contribution in [0.1, 0.15) is 35.7 Å². The van der Waals surface area contributed by atoms with Crippen molar-refractivity contribution in [1.82, 2.24) is 9.88 Å². The third kappa shape index (κ3) is 3.99. The summed E-state index contributed by atoms with van der Waals surface area (Å²) >= 11 is 1.44. The maximum Gasteiger partial charge on any atom is 0.260 e. The highest BCUT2D eigenvalue weighted by atomic mass is 32.1. The molecule has 0 saturated carbocycles. The minimum atomic E-state index is -0.189. The van der Waals surface area contributed by atoms with Crippen molar-refractivity contribution >= 4 is 22.4 Å². The van der Waals surface area contributed by atoms with Crippen molar-refractivity contribution < 1.29 is 13.9 Å². The van der Waals surface area contributed by atoms with Crippen molar-refractivity contribution in [3.8, 4) is 0 Å². The zero-order valence-corrected chi connectivity index (χ0v) is 14.4. The molecule has 23 heavy (non-hydrogen) atoms. The fourth-order valence-corrected chi connectivity index (χ4v) is 3.56. The van der Waals surface area contributed by atoms with Crippen molar-refractivity contribution in [2.45, 2.75) is 39.5 Å². The molecule has 1 fully saturated rings. The van der Waals surface area contributed by atoms with Crippen LogP contribution in [0.5, 0.6) is 0 Å². The number of morpholine rings is 1. The third-order valence-corrected chi connectivity index (χ3v) is 4.56. The Kier molecular flexibility index (Phi) is 4.79. The first-order valence-electron chi connectivity index (χ1n) is 7.69. The molecule has 124 valence electrons. The Balaban J connectivity index is 1.60. The maximum atomic E-state index is 12.1. The van der Waals surface area contributed by atoms with Crippen molar-refractivity contribution in [3.63, 3.8) is 0 Å². The van der Waals surface area contributed by atoms with Crippen LogP contribution < -0.4 is 5.32 Å². The molecular weight excluding hydrogens is 314 g/mol.